The number of amidine groups is 1. The molecule has 0 saturated heterocycles. The Labute approximate surface area is 119 Å². The smallest absolute Gasteiger partial charge is 0.262 e. The Bertz CT molecular complexity index is 576. The highest BCUT2D eigenvalue weighted by atomic mass is 16.1. The van der Waals surface area contributed by atoms with E-state index in [9.17, 15) is 4.79 Å². The number of aromatic nitrogens is 1. The van der Waals surface area contributed by atoms with Crippen LogP contribution in [0.1, 0.15) is 50.1 Å². The van der Waals surface area contributed by atoms with Gasteiger partial charge in [-0.3, -0.25) is 15.1 Å². The number of hydrogen-bond acceptors (Lipinski definition) is 3. The van der Waals surface area contributed by atoms with E-state index in [-0.39, 0.29) is 17.4 Å². The Morgan fingerprint density at radius 3 is 2.75 bits per heavy atom. The van der Waals surface area contributed by atoms with Crippen LogP contribution in [-0.2, 0) is 13.0 Å². The summed E-state index contributed by atoms with van der Waals surface area (Å²) in [4.78, 5) is 14.9. The number of rotatable bonds is 4. The highest BCUT2D eigenvalue weighted by molar-refractivity contribution is 5.94. The lowest BCUT2D eigenvalue weighted by Crippen LogP contribution is -2.39. The van der Waals surface area contributed by atoms with Crippen LogP contribution in [0, 0.1) is 5.41 Å². The molecule has 0 amide bonds. The summed E-state index contributed by atoms with van der Waals surface area (Å²) in [5.74, 6) is -0.136. The number of hydrogen-bond donors (Lipinski definition) is 2. The molecule has 2 heterocycles. The summed E-state index contributed by atoms with van der Waals surface area (Å²) in [5, 5.41) is 7.63. The molecule has 0 aliphatic carbocycles. The first-order valence-corrected chi connectivity index (χ1v) is 7.33. The molecule has 5 heteroatoms. The van der Waals surface area contributed by atoms with Crippen molar-refractivity contribution in [3.05, 3.63) is 33.2 Å². The summed E-state index contributed by atoms with van der Waals surface area (Å²) in [5.41, 5.74) is 8.07. The van der Waals surface area contributed by atoms with Gasteiger partial charge in [0.05, 0.1) is 5.56 Å². The van der Waals surface area contributed by atoms with Gasteiger partial charge in [0.1, 0.15) is 5.84 Å². The Balaban J connectivity index is 2.63. The first-order chi connectivity index (χ1) is 9.49. The first kappa shape index (κ1) is 14.8. The standard InChI is InChI=1S/C15H24N4O/c1-4-10(3)19-13-6-7-18(5-2)9-11(13)8-12(14(16)17)15(19)20/h8,10H,4-7,9H2,1-3H3,(H3,16,17). The molecular weight excluding hydrogens is 252 g/mol. The van der Waals surface area contributed by atoms with Gasteiger partial charge < -0.3 is 10.3 Å². The Hall–Kier alpha value is -1.62. The number of nitrogens with one attached hydrogen (secondary N) is 1. The molecule has 1 aromatic heterocycles. The number of likely N-dealkylation sites (N-methyl/N-ethyl adjacent to an activating group) is 1. The van der Waals surface area contributed by atoms with Crippen LogP contribution in [0.2, 0.25) is 0 Å². The van der Waals surface area contributed by atoms with Gasteiger partial charge in [-0.15, -0.1) is 0 Å². The number of pyridine rings is 1. The van der Waals surface area contributed by atoms with E-state index in [0.29, 0.717) is 5.56 Å². The maximum Gasteiger partial charge on any atom is 0.262 e. The average Bonchev–Trinajstić information content (AvgIpc) is 2.45. The Morgan fingerprint density at radius 2 is 2.20 bits per heavy atom. The fraction of sp³-hybridized carbons (Fsp3) is 0.600. The SMILES string of the molecule is CCC(C)n1c2c(cc(C(=N)N)c1=O)CN(CC)CC2. The molecule has 0 bridgehead atoms. The van der Waals surface area contributed by atoms with E-state index in [2.05, 4.69) is 25.7 Å². The van der Waals surface area contributed by atoms with Crippen LogP contribution in [0.4, 0.5) is 0 Å². The van der Waals surface area contributed by atoms with Crippen molar-refractivity contribution < 1.29 is 0 Å². The van der Waals surface area contributed by atoms with Crippen LogP contribution < -0.4 is 11.3 Å². The van der Waals surface area contributed by atoms with Crippen molar-refractivity contribution in [1.82, 2.24) is 9.47 Å². The van der Waals surface area contributed by atoms with Gasteiger partial charge in [-0.2, -0.15) is 0 Å². The highest BCUT2D eigenvalue weighted by Gasteiger charge is 2.23. The van der Waals surface area contributed by atoms with Crippen molar-refractivity contribution in [2.24, 2.45) is 5.73 Å². The van der Waals surface area contributed by atoms with E-state index >= 15 is 0 Å². The van der Waals surface area contributed by atoms with E-state index in [1.54, 1.807) is 0 Å². The minimum atomic E-state index is -0.136. The molecule has 1 aliphatic heterocycles. The van der Waals surface area contributed by atoms with Crippen LogP contribution in [-0.4, -0.2) is 28.4 Å². The minimum absolute atomic E-state index is 0.115. The average molecular weight is 276 g/mol. The summed E-state index contributed by atoms with van der Waals surface area (Å²) in [6.07, 6.45) is 1.78. The van der Waals surface area contributed by atoms with Crippen LogP contribution in [0.15, 0.2) is 10.9 Å². The van der Waals surface area contributed by atoms with Crippen LogP contribution in [0.25, 0.3) is 0 Å². The summed E-state index contributed by atoms with van der Waals surface area (Å²) in [6.45, 7) is 9.09. The largest absolute Gasteiger partial charge is 0.384 e. The van der Waals surface area contributed by atoms with Crippen molar-refractivity contribution in [2.75, 3.05) is 13.1 Å². The van der Waals surface area contributed by atoms with Gasteiger partial charge >= 0.3 is 0 Å². The van der Waals surface area contributed by atoms with Gasteiger partial charge in [-0.25, -0.2) is 0 Å². The zero-order valence-corrected chi connectivity index (χ0v) is 12.6. The normalized spacial score (nSPS) is 16.8. The van der Waals surface area contributed by atoms with Gasteiger partial charge in [-0.1, -0.05) is 13.8 Å². The molecule has 1 aliphatic rings. The van der Waals surface area contributed by atoms with E-state index in [1.807, 2.05) is 10.6 Å². The van der Waals surface area contributed by atoms with E-state index in [4.69, 9.17) is 11.1 Å². The van der Waals surface area contributed by atoms with Crippen molar-refractivity contribution in [3.63, 3.8) is 0 Å². The molecule has 5 nitrogen and oxygen atoms in total. The minimum Gasteiger partial charge on any atom is -0.384 e. The molecule has 0 aromatic carbocycles. The summed E-state index contributed by atoms with van der Waals surface area (Å²) < 4.78 is 1.86. The predicted octanol–water partition coefficient (Wildman–Crippen LogP) is 1.48. The topological polar surface area (TPSA) is 75.1 Å². The zero-order valence-electron chi connectivity index (χ0n) is 12.6. The molecule has 20 heavy (non-hydrogen) atoms. The molecule has 0 spiro atoms. The van der Waals surface area contributed by atoms with E-state index in [1.165, 1.54) is 0 Å². The predicted molar refractivity (Wildman–Crippen MR) is 81.4 cm³/mol. The molecule has 0 fully saturated rings. The Morgan fingerprint density at radius 1 is 1.50 bits per heavy atom. The molecule has 0 saturated carbocycles. The second kappa shape index (κ2) is 5.79. The van der Waals surface area contributed by atoms with Gasteiger partial charge in [0.2, 0.25) is 0 Å². The van der Waals surface area contributed by atoms with Crippen LogP contribution >= 0.6 is 0 Å². The molecule has 0 radical (unpaired) electrons. The lowest BCUT2D eigenvalue weighted by molar-refractivity contribution is 0.259. The number of fused-ring (bicyclic) bond motifs is 1. The second-order valence-electron chi connectivity index (χ2n) is 5.49. The molecular formula is C15H24N4O. The monoisotopic (exact) mass is 276 g/mol. The molecule has 3 N–H and O–H groups in total. The molecule has 1 unspecified atom stereocenters. The maximum atomic E-state index is 12.6. The lowest BCUT2D eigenvalue weighted by atomic mass is 10.0. The Kier molecular flexibility index (Phi) is 4.28. The molecule has 110 valence electrons. The molecule has 1 atom stereocenters. The zero-order chi connectivity index (χ0) is 14.9. The van der Waals surface area contributed by atoms with Gasteiger partial charge in [0.25, 0.3) is 5.56 Å². The number of nitrogens with two attached hydrogens (primary N) is 1. The first-order valence-electron chi connectivity index (χ1n) is 7.33. The third-order valence-electron chi connectivity index (χ3n) is 4.26. The number of nitrogen functional groups attached to an aromatic ring is 1. The second-order valence-corrected chi connectivity index (χ2v) is 5.49. The summed E-state index contributed by atoms with van der Waals surface area (Å²) >= 11 is 0. The third kappa shape index (κ3) is 2.50. The van der Waals surface area contributed by atoms with E-state index < -0.39 is 0 Å². The fourth-order valence-corrected chi connectivity index (χ4v) is 2.84. The lowest BCUT2D eigenvalue weighted by Gasteiger charge is -2.31. The highest BCUT2D eigenvalue weighted by Crippen LogP contribution is 2.22. The van der Waals surface area contributed by atoms with Gasteiger partial charge in [0, 0.05) is 31.2 Å². The fourth-order valence-electron chi connectivity index (χ4n) is 2.84. The maximum absolute atomic E-state index is 12.6. The molecule has 1 aromatic rings. The van der Waals surface area contributed by atoms with Gasteiger partial charge in [0.15, 0.2) is 0 Å². The number of nitrogens with zero attached hydrogens (tertiary/aromatic N) is 2. The van der Waals surface area contributed by atoms with Crippen LogP contribution in [0.5, 0.6) is 0 Å². The van der Waals surface area contributed by atoms with Crippen molar-refractivity contribution in [2.45, 2.75) is 46.2 Å². The van der Waals surface area contributed by atoms with Crippen LogP contribution in [0.3, 0.4) is 0 Å². The van der Waals surface area contributed by atoms with Gasteiger partial charge in [-0.05, 0) is 31.5 Å². The van der Waals surface area contributed by atoms with Crippen molar-refractivity contribution in [3.8, 4) is 0 Å². The molecule has 2 rings (SSSR count). The summed E-state index contributed by atoms with van der Waals surface area (Å²) in [6, 6.07) is 1.96. The summed E-state index contributed by atoms with van der Waals surface area (Å²) in [7, 11) is 0. The van der Waals surface area contributed by atoms with E-state index in [0.717, 1.165) is 43.7 Å². The van der Waals surface area contributed by atoms with Crippen molar-refractivity contribution in [1.29, 1.82) is 5.41 Å². The van der Waals surface area contributed by atoms with Crippen molar-refractivity contribution >= 4 is 5.84 Å². The quantitative estimate of drug-likeness (QED) is 0.646. The third-order valence-corrected chi connectivity index (χ3v) is 4.26.